The second kappa shape index (κ2) is 10.2. The van der Waals surface area contributed by atoms with Crippen LogP contribution in [0.25, 0.3) is 11.3 Å². The monoisotopic (exact) mass is 584 g/mol. The van der Waals surface area contributed by atoms with Gasteiger partial charge in [0, 0.05) is 17.0 Å². The standard InChI is InChI=1S/C30H24Cl3NO5/c31-23-5-2-6-24(32)26(23)27-21(28(39-34-27)16-7-8-16)15-38-20-9-10-22(25(33)12-20)30(37)13-19(14-30)17-3-1-4-18(11-17)29(35)36/h1-6,9-12,16,19,37H,7-8,13-15H2,(H,35,36)/i15D. The van der Waals surface area contributed by atoms with E-state index in [4.69, 9.17) is 45.4 Å². The Balaban J connectivity index is 1.22. The number of hydrogen-bond donors (Lipinski definition) is 2. The maximum absolute atomic E-state index is 11.3. The van der Waals surface area contributed by atoms with Crippen molar-refractivity contribution in [3.63, 3.8) is 0 Å². The maximum Gasteiger partial charge on any atom is 0.335 e. The normalized spacial score (nSPS) is 21.6. The van der Waals surface area contributed by atoms with Gasteiger partial charge in [-0.15, -0.1) is 0 Å². The number of carboxylic acid groups (broad SMARTS) is 1. The molecule has 2 fully saturated rings. The third-order valence-electron chi connectivity index (χ3n) is 7.43. The number of hydrogen-bond acceptors (Lipinski definition) is 5. The largest absolute Gasteiger partial charge is 0.489 e. The summed E-state index contributed by atoms with van der Waals surface area (Å²) in [5, 5.41) is 25.9. The average Bonchev–Trinajstić information content (AvgIpc) is 3.65. The minimum atomic E-state index is -1.19. The van der Waals surface area contributed by atoms with Gasteiger partial charge in [0.15, 0.2) is 0 Å². The second-order valence-corrected chi connectivity index (χ2v) is 11.3. The quantitative estimate of drug-likeness (QED) is 0.216. The van der Waals surface area contributed by atoms with Crippen LogP contribution in [0.4, 0.5) is 0 Å². The summed E-state index contributed by atoms with van der Waals surface area (Å²) in [6.45, 7) is -1.19. The number of benzene rings is 3. The lowest BCUT2D eigenvalue weighted by atomic mass is 9.65. The van der Waals surface area contributed by atoms with E-state index in [1.807, 2.05) is 6.07 Å². The molecule has 1 unspecified atom stereocenters. The predicted molar refractivity (Wildman–Crippen MR) is 149 cm³/mol. The van der Waals surface area contributed by atoms with E-state index >= 15 is 0 Å². The highest BCUT2D eigenvalue weighted by Crippen LogP contribution is 2.53. The van der Waals surface area contributed by atoms with Crippen LogP contribution in [0.5, 0.6) is 5.75 Å². The summed E-state index contributed by atoms with van der Waals surface area (Å²) in [6.07, 6.45) is 2.69. The van der Waals surface area contributed by atoms with E-state index in [0.29, 0.717) is 61.8 Å². The van der Waals surface area contributed by atoms with Gasteiger partial charge in [-0.2, -0.15) is 0 Å². The zero-order valence-electron chi connectivity index (χ0n) is 21.5. The van der Waals surface area contributed by atoms with Gasteiger partial charge in [-0.3, -0.25) is 0 Å². The molecule has 200 valence electrons. The van der Waals surface area contributed by atoms with Gasteiger partial charge in [-0.05, 0) is 73.6 Å². The molecule has 3 aromatic carbocycles. The molecule has 2 N–H and O–H groups in total. The molecular formula is C30H24Cl3NO5. The molecule has 1 aromatic heterocycles. The Hall–Kier alpha value is -3.03. The van der Waals surface area contributed by atoms with Crippen molar-refractivity contribution in [3.8, 4) is 17.0 Å². The van der Waals surface area contributed by atoms with Gasteiger partial charge in [0.1, 0.15) is 23.8 Å². The summed E-state index contributed by atoms with van der Waals surface area (Å²) >= 11 is 19.5. The summed E-state index contributed by atoms with van der Waals surface area (Å²) in [5.41, 5.74) is 1.83. The number of ether oxygens (including phenoxy) is 1. The number of carbonyl (C=O) groups is 1. The van der Waals surface area contributed by atoms with Gasteiger partial charge in [-0.25, -0.2) is 4.79 Å². The highest BCUT2D eigenvalue weighted by molar-refractivity contribution is 6.39. The van der Waals surface area contributed by atoms with Crippen LogP contribution in [0.15, 0.2) is 65.2 Å². The molecule has 0 aliphatic heterocycles. The number of halogens is 3. The Morgan fingerprint density at radius 2 is 1.74 bits per heavy atom. The zero-order chi connectivity index (χ0) is 28.2. The van der Waals surface area contributed by atoms with Crippen molar-refractivity contribution in [2.24, 2.45) is 0 Å². The molecule has 4 aromatic rings. The number of aromatic carboxylic acids is 1. The fourth-order valence-corrected chi connectivity index (χ4v) is 6.10. The first-order chi connectivity index (χ1) is 19.1. The number of carboxylic acids is 1. The van der Waals surface area contributed by atoms with Crippen molar-refractivity contribution < 1.29 is 25.6 Å². The molecule has 2 saturated carbocycles. The first-order valence-corrected chi connectivity index (χ1v) is 13.7. The number of rotatable bonds is 8. The molecule has 1 heterocycles. The Morgan fingerprint density at radius 3 is 2.41 bits per heavy atom. The van der Waals surface area contributed by atoms with Crippen LogP contribution in [-0.2, 0) is 12.2 Å². The molecule has 2 aliphatic carbocycles. The summed E-state index contributed by atoms with van der Waals surface area (Å²) in [7, 11) is 0. The van der Waals surface area contributed by atoms with Gasteiger partial charge >= 0.3 is 5.97 Å². The second-order valence-electron chi connectivity index (χ2n) is 10.1. The van der Waals surface area contributed by atoms with Gasteiger partial charge in [0.05, 0.1) is 33.2 Å². The summed E-state index contributed by atoms with van der Waals surface area (Å²) < 4.78 is 20.5. The molecule has 39 heavy (non-hydrogen) atoms. The number of nitrogens with zero attached hydrogens (tertiary/aromatic N) is 1. The topological polar surface area (TPSA) is 92.8 Å². The van der Waals surface area contributed by atoms with Crippen LogP contribution in [-0.4, -0.2) is 21.3 Å². The third kappa shape index (κ3) is 5.03. The number of aliphatic hydroxyl groups is 1. The highest BCUT2D eigenvalue weighted by Gasteiger charge is 2.45. The summed E-state index contributed by atoms with van der Waals surface area (Å²) in [4.78, 5) is 11.3. The van der Waals surface area contributed by atoms with E-state index in [2.05, 4.69) is 5.16 Å². The van der Waals surface area contributed by atoms with Gasteiger partial charge in [0.2, 0.25) is 0 Å². The molecule has 0 amide bonds. The average molecular weight is 586 g/mol. The Labute approximate surface area is 241 Å². The van der Waals surface area contributed by atoms with E-state index in [0.717, 1.165) is 18.4 Å². The molecule has 2 aliphatic rings. The molecule has 6 rings (SSSR count). The van der Waals surface area contributed by atoms with Gasteiger partial charge < -0.3 is 19.5 Å². The first kappa shape index (κ1) is 25.0. The number of aromatic nitrogens is 1. The minimum absolute atomic E-state index is 0.0124. The molecule has 0 radical (unpaired) electrons. The van der Waals surface area contributed by atoms with E-state index in [1.165, 1.54) is 0 Å². The van der Waals surface area contributed by atoms with E-state index < -0.39 is 18.2 Å². The molecule has 1 atom stereocenters. The Kier molecular flexibility index (Phi) is 6.52. The van der Waals surface area contributed by atoms with Crippen LogP contribution >= 0.6 is 34.8 Å². The van der Waals surface area contributed by atoms with Gasteiger partial charge in [0.25, 0.3) is 0 Å². The van der Waals surface area contributed by atoms with Crippen LogP contribution < -0.4 is 4.74 Å². The smallest absolute Gasteiger partial charge is 0.335 e. The van der Waals surface area contributed by atoms with Gasteiger partial charge in [-0.1, -0.05) is 64.2 Å². The SMILES string of the molecule is [2H]C(Oc1ccc(C2(O)CC(c3cccc(C(=O)O)c3)C2)c(Cl)c1)c1c(-c2c(Cl)cccc2Cl)noc1C1CC1. The molecule has 0 bridgehead atoms. The van der Waals surface area contributed by atoms with Crippen molar-refractivity contribution in [1.82, 2.24) is 5.16 Å². The lowest BCUT2D eigenvalue weighted by Gasteiger charge is -2.44. The van der Waals surface area contributed by atoms with E-state index in [1.54, 1.807) is 54.6 Å². The van der Waals surface area contributed by atoms with Crippen molar-refractivity contribution in [3.05, 3.63) is 104 Å². The zero-order valence-corrected chi connectivity index (χ0v) is 22.8. The molecule has 9 heteroatoms. The fraction of sp³-hybridized carbons (Fsp3) is 0.267. The van der Waals surface area contributed by atoms with E-state index in [-0.39, 0.29) is 17.4 Å². The van der Waals surface area contributed by atoms with E-state index in [9.17, 15) is 15.0 Å². The van der Waals surface area contributed by atoms with Crippen LogP contribution in [0.1, 0.15) is 71.7 Å². The molecule has 0 saturated heterocycles. The fourth-order valence-electron chi connectivity index (χ4n) is 5.18. The molecule has 6 nitrogen and oxygen atoms in total. The lowest BCUT2D eigenvalue weighted by molar-refractivity contribution is -0.0549. The summed E-state index contributed by atoms with van der Waals surface area (Å²) in [5.74, 6) is 0.132. The van der Waals surface area contributed by atoms with Crippen molar-refractivity contribution in [1.29, 1.82) is 0 Å². The minimum Gasteiger partial charge on any atom is -0.489 e. The molecule has 0 spiro atoms. The molecular weight excluding hydrogens is 561 g/mol. The Bertz CT molecular complexity index is 1590. The van der Waals surface area contributed by atoms with Crippen LogP contribution in [0, 0.1) is 0 Å². The highest BCUT2D eigenvalue weighted by atomic mass is 35.5. The first-order valence-electron chi connectivity index (χ1n) is 13.1. The van der Waals surface area contributed by atoms with Crippen molar-refractivity contribution in [2.45, 2.75) is 49.7 Å². The third-order valence-corrected chi connectivity index (χ3v) is 8.37. The van der Waals surface area contributed by atoms with Crippen LogP contribution in [0.2, 0.25) is 15.1 Å². The predicted octanol–water partition coefficient (Wildman–Crippen LogP) is 8.22. The summed E-state index contributed by atoms with van der Waals surface area (Å²) in [6, 6.07) is 16.9. The maximum atomic E-state index is 11.3. The van der Waals surface area contributed by atoms with Crippen molar-refractivity contribution in [2.75, 3.05) is 0 Å². The lowest BCUT2D eigenvalue weighted by Crippen LogP contribution is -2.40. The van der Waals surface area contributed by atoms with Crippen molar-refractivity contribution >= 4 is 40.8 Å². The van der Waals surface area contributed by atoms with Crippen LogP contribution in [0.3, 0.4) is 0 Å². The Morgan fingerprint density at radius 1 is 1.03 bits per heavy atom.